The first-order valence-electron chi connectivity index (χ1n) is 4.92. The minimum atomic E-state index is -3.41. The average molecular weight is 239 g/mol. The van der Waals surface area contributed by atoms with Crippen molar-refractivity contribution in [3.05, 3.63) is 0 Å². The number of aliphatic hydroxyl groups is 2. The molecule has 3 N–H and O–H groups in total. The van der Waals surface area contributed by atoms with Gasteiger partial charge in [-0.1, -0.05) is 20.8 Å². The molecule has 0 amide bonds. The zero-order valence-electron chi connectivity index (χ0n) is 9.52. The van der Waals surface area contributed by atoms with E-state index in [9.17, 15) is 8.42 Å². The van der Waals surface area contributed by atoms with Gasteiger partial charge in [0.25, 0.3) is 0 Å². The van der Waals surface area contributed by atoms with Crippen molar-refractivity contribution in [1.82, 2.24) is 4.72 Å². The lowest BCUT2D eigenvalue weighted by atomic mass is 9.94. The van der Waals surface area contributed by atoms with Crippen molar-refractivity contribution in [2.75, 3.05) is 19.0 Å². The Hall–Kier alpha value is -0.170. The van der Waals surface area contributed by atoms with Gasteiger partial charge in [-0.3, -0.25) is 0 Å². The van der Waals surface area contributed by atoms with E-state index in [2.05, 4.69) is 4.72 Å². The summed E-state index contributed by atoms with van der Waals surface area (Å²) in [5.74, 6) is 0.00694. The van der Waals surface area contributed by atoms with Crippen molar-refractivity contribution >= 4 is 10.0 Å². The summed E-state index contributed by atoms with van der Waals surface area (Å²) in [4.78, 5) is 0. The third-order valence-electron chi connectivity index (χ3n) is 1.91. The second-order valence-electron chi connectivity index (χ2n) is 4.81. The lowest BCUT2D eigenvalue weighted by Gasteiger charge is -2.19. The van der Waals surface area contributed by atoms with Crippen molar-refractivity contribution in [3.63, 3.8) is 0 Å². The molecule has 5 nitrogen and oxygen atoms in total. The normalized spacial score (nSPS) is 13.5. The Morgan fingerprint density at radius 2 is 1.67 bits per heavy atom. The van der Waals surface area contributed by atoms with Crippen molar-refractivity contribution < 1.29 is 18.6 Å². The number of sulfonamides is 1. The summed E-state index contributed by atoms with van der Waals surface area (Å²) in [6, 6.07) is -0.796. The van der Waals surface area contributed by atoms with Gasteiger partial charge in [-0.25, -0.2) is 13.1 Å². The van der Waals surface area contributed by atoms with Gasteiger partial charge in [-0.2, -0.15) is 0 Å². The number of hydrogen-bond acceptors (Lipinski definition) is 4. The Kier molecular flexibility index (Phi) is 5.72. The van der Waals surface area contributed by atoms with Gasteiger partial charge < -0.3 is 10.2 Å². The van der Waals surface area contributed by atoms with Crippen LogP contribution >= 0.6 is 0 Å². The molecule has 0 spiro atoms. The molecular weight excluding hydrogens is 218 g/mol. The Balaban J connectivity index is 4.20. The Bertz CT molecular complexity index is 264. The molecule has 0 heterocycles. The summed E-state index contributed by atoms with van der Waals surface area (Å²) in [6.45, 7) is 5.07. The molecule has 0 saturated carbocycles. The largest absolute Gasteiger partial charge is 0.395 e. The van der Waals surface area contributed by atoms with Gasteiger partial charge in [-0.15, -0.1) is 0 Å². The molecule has 0 saturated heterocycles. The van der Waals surface area contributed by atoms with E-state index in [-0.39, 0.29) is 11.2 Å². The molecule has 0 radical (unpaired) electrons. The molecule has 0 rings (SSSR count). The predicted octanol–water partition coefficient (Wildman–Crippen LogP) is -0.305. The molecule has 92 valence electrons. The van der Waals surface area contributed by atoms with E-state index in [1.807, 2.05) is 20.8 Å². The van der Waals surface area contributed by atoms with Crippen LogP contribution < -0.4 is 4.72 Å². The van der Waals surface area contributed by atoms with Gasteiger partial charge in [-0.05, 0) is 11.8 Å². The van der Waals surface area contributed by atoms with E-state index in [0.29, 0.717) is 6.42 Å². The van der Waals surface area contributed by atoms with Gasteiger partial charge in [0.05, 0.1) is 25.0 Å². The molecule has 0 bridgehead atoms. The van der Waals surface area contributed by atoms with Crippen LogP contribution in [0.2, 0.25) is 0 Å². The summed E-state index contributed by atoms with van der Waals surface area (Å²) in [5.41, 5.74) is -0.0529. The van der Waals surface area contributed by atoms with Crippen LogP contribution in [-0.4, -0.2) is 43.6 Å². The molecule has 0 unspecified atom stereocenters. The topological polar surface area (TPSA) is 86.6 Å². The molecule has 0 atom stereocenters. The second-order valence-corrected chi connectivity index (χ2v) is 6.68. The molecule has 6 heteroatoms. The zero-order valence-corrected chi connectivity index (χ0v) is 10.3. The summed E-state index contributed by atoms with van der Waals surface area (Å²) < 4.78 is 25.2. The summed E-state index contributed by atoms with van der Waals surface area (Å²) in [7, 11) is -3.41. The highest BCUT2D eigenvalue weighted by atomic mass is 32.2. The smallest absolute Gasteiger partial charge is 0.212 e. The fourth-order valence-electron chi connectivity index (χ4n) is 0.886. The van der Waals surface area contributed by atoms with E-state index in [1.165, 1.54) is 0 Å². The molecule has 0 aromatic carbocycles. The molecule has 0 aliphatic heterocycles. The van der Waals surface area contributed by atoms with Gasteiger partial charge in [0.2, 0.25) is 10.0 Å². The van der Waals surface area contributed by atoms with E-state index in [4.69, 9.17) is 10.2 Å². The highest BCUT2D eigenvalue weighted by Crippen LogP contribution is 2.18. The van der Waals surface area contributed by atoms with Gasteiger partial charge in [0, 0.05) is 0 Å². The standard InChI is InChI=1S/C9H21NO4S/c1-9(2,3)4-5-15(13,14)10-8(6-11)7-12/h8,10-12H,4-7H2,1-3H3. The summed E-state index contributed by atoms with van der Waals surface area (Å²) >= 11 is 0. The third-order valence-corrected chi connectivity index (χ3v) is 3.34. The van der Waals surface area contributed by atoms with Crippen LogP contribution in [0.25, 0.3) is 0 Å². The third kappa shape index (κ3) is 7.72. The van der Waals surface area contributed by atoms with Crippen LogP contribution in [0.4, 0.5) is 0 Å². The lowest BCUT2D eigenvalue weighted by molar-refractivity contribution is 0.185. The van der Waals surface area contributed by atoms with Gasteiger partial charge in [0.15, 0.2) is 0 Å². The lowest BCUT2D eigenvalue weighted by Crippen LogP contribution is -2.41. The number of nitrogens with one attached hydrogen (secondary N) is 1. The highest BCUT2D eigenvalue weighted by molar-refractivity contribution is 7.89. The molecular formula is C9H21NO4S. The maximum Gasteiger partial charge on any atom is 0.212 e. The van der Waals surface area contributed by atoms with Crippen molar-refractivity contribution in [2.45, 2.75) is 33.2 Å². The number of hydrogen-bond donors (Lipinski definition) is 3. The maximum absolute atomic E-state index is 11.5. The predicted molar refractivity (Wildman–Crippen MR) is 59.0 cm³/mol. The molecule has 0 aromatic heterocycles. The first-order valence-corrected chi connectivity index (χ1v) is 6.57. The number of rotatable bonds is 6. The second kappa shape index (κ2) is 5.79. The quantitative estimate of drug-likeness (QED) is 0.593. The van der Waals surface area contributed by atoms with Crippen LogP contribution in [0, 0.1) is 5.41 Å². The Morgan fingerprint density at radius 3 is 2.00 bits per heavy atom. The summed E-state index contributed by atoms with van der Waals surface area (Å²) in [6.07, 6.45) is 0.534. The van der Waals surface area contributed by atoms with Crippen molar-refractivity contribution in [1.29, 1.82) is 0 Å². The molecule has 0 fully saturated rings. The monoisotopic (exact) mass is 239 g/mol. The van der Waals surface area contributed by atoms with Crippen LogP contribution in [-0.2, 0) is 10.0 Å². The van der Waals surface area contributed by atoms with Crippen LogP contribution in [0.1, 0.15) is 27.2 Å². The van der Waals surface area contributed by atoms with Gasteiger partial charge >= 0.3 is 0 Å². The Labute approximate surface area is 91.6 Å². The van der Waals surface area contributed by atoms with Gasteiger partial charge in [0.1, 0.15) is 0 Å². The molecule has 0 aliphatic rings. The average Bonchev–Trinajstić information content (AvgIpc) is 2.10. The summed E-state index contributed by atoms with van der Waals surface area (Å²) in [5, 5.41) is 17.5. The first kappa shape index (κ1) is 14.8. The molecule has 0 aliphatic carbocycles. The van der Waals surface area contributed by atoms with Crippen molar-refractivity contribution in [3.8, 4) is 0 Å². The SMILES string of the molecule is CC(C)(C)CCS(=O)(=O)NC(CO)CO. The number of aliphatic hydroxyl groups excluding tert-OH is 2. The first-order chi connectivity index (χ1) is 6.70. The highest BCUT2D eigenvalue weighted by Gasteiger charge is 2.20. The molecule has 15 heavy (non-hydrogen) atoms. The van der Waals surface area contributed by atoms with E-state index in [1.54, 1.807) is 0 Å². The molecule has 0 aromatic rings. The van der Waals surface area contributed by atoms with Crippen LogP contribution in [0.5, 0.6) is 0 Å². The fraction of sp³-hybridized carbons (Fsp3) is 1.00. The van der Waals surface area contributed by atoms with E-state index in [0.717, 1.165) is 0 Å². The Morgan fingerprint density at radius 1 is 1.20 bits per heavy atom. The van der Waals surface area contributed by atoms with Crippen molar-refractivity contribution in [2.24, 2.45) is 5.41 Å². The zero-order chi connectivity index (χ0) is 12.1. The maximum atomic E-state index is 11.5. The van der Waals surface area contributed by atoms with Crippen LogP contribution in [0.3, 0.4) is 0 Å². The minimum absolute atomic E-state index is 0.00694. The van der Waals surface area contributed by atoms with E-state index >= 15 is 0 Å². The minimum Gasteiger partial charge on any atom is -0.395 e. The van der Waals surface area contributed by atoms with Crippen LogP contribution in [0.15, 0.2) is 0 Å². The fourth-order valence-corrected chi connectivity index (χ4v) is 2.54. The van der Waals surface area contributed by atoms with E-state index < -0.39 is 29.3 Å².